The highest BCUT2D eigenvalue weighted by molar-refractivity contribution is 5.48. The molecule has 98 valence electrons. The van der Waals surface area contributed by atoms with Gasteiger partial charge < -0.3 is 10.4 Å². The van der Waals surface area contributed by atoms with Crippen LogP contribution in [-0.2, 0) is 12.8 Å². The first-order valence-corrected chi connectivity index (χ1v) is 6.86. The third-order valence-corrected chi connectivity index (χ3v) is 4.65. The first-order chi connectivity index (χ1) is 8.59. The maximum atomic E-state index is 9.79. The zero-order valence-corrected chi connectivity index (χ0v) is 11.1. The molecule has 0 aliphatic heterocycles. The highest BCUT2D eigenvalue weighted by Crippen LogP contribution is 2.42. The van der Waals surface area contributed by atoms with E-state index >= 15 is 0 Å². The summed E-state index contributed by atoms with van der Waals surface area (Å²) in [5.74, 6) is 0.990. The summed E-state index contributed by atoms with van der Waals surface area (Å²) < 4.78 is 0. The summed E-state index contributed by atoms with van der Waals surface area (Å²) in [7, 11) is 0. The number of aromatic nitrogens is 2. The van der Waals surface area contributed by atoms with Gasteiger partial charge in [0.1, 0.15) is 12.1 Å². The van der Waals surface area contributed by atoms with Crippen LogP contribution < -0.4 is 5.32 Å². The molecule has 2 N–H and O–H groups in total. The maximum absolute atomic E-state index is 9.79. The average Bonchev–Trinajstić information content (AvgIpc) is 2.39. The molecule has 1 fully saturated rings. The molecule has 3 rings (SSSR count). The van der Waals surface area contributed by atoms with Crippen molar-refractivity contribution in [3.05, 3.63) is 17.6 Å². The van der Waals surface area contributed by atoms with Crippen LogP contribution in [0.1, 0.15) is 44.4 Å². The number of aliphatic hydroxyl groups is 1. The van der Waals surface area contributed by atoms with E-state index in [9.17, 15) is 5.11 Å². The molecule has 2 atom stereocenters. The molecule has 1 aromatic heterocycles. The number of nitrogens with zero attached hydrogens (tertiary/aromatic N) is 2. The fraction of sp³-hybridized carbons (Fsp3) is 0.714. The molecule has 1 heterocycles. The Bertz CT molecular complexity index is 458. The molecular formula is C14H21N3O. The van der Waals surface area contributed by atoms with E-state index in [0.717, 1.165) is 25.1 Å². The van der Waals surface area contributed by atoms with Crippen LogP contribution in [0.3, 0.4) is 0 Å². The van der Waals surface area contributed by atoms with Gasteiger partial charge in [0.2, 0.25) is 0 Å². The number of aliphatic hydroxyl groups excluding tert-OH is 1. The van der Waals surface area contributed by atoms with E-state index in [2.05, 4.69) is 29.1 Å². The summed E-state index contributed by atoms with van der Waals surface area (Å²) in [6, 6.07) is 0.313. The Morgan fingerprint density at radius 1 is 1.28 bits per heavy atom. The normalized spacial score (nSPS) is 29.3. The molecule has 0 spiro atoms. The Labute approximate surface area is 108 Å². The number of nitrogens with one attached hydrogen (secondary N) is 1. The third kappa shape index (κ3) is 1.79. The Kier molecular flexibility index (Phi) is 2.77. The van der Waals surface area contributed by atoms with Gasteiger partial charge in [-0.3, -0.25) is 0 Å². The standard InChI is InChI=1S/C14H21N3O/c1-14(2)11(7-12(14)18)17-13-9-5-3-4-6-10(9)15-8-16-13/h8,11-12,18H,3-7H2,1-2H3,(H,15,16,17). The molecule has 0 radical (unpaired) electrons. The first kappa shape index (κ1) is 11.9. The second kappa shape index (κ2) is 4.19. The molecule has 2 aliphatic rings. The van der Waals surface area contributed by atoms with E-state index < -0.39 is 0 Å². The lowest BCUT2D eigenvalue weighted by Crippen LogP contribution is -2.57. The van der Waals surface area contributed by atoms with Gasteiger partial charge in [0.25, 0.3) is 0 Å². The van der Waals surface area contributed by atoms with Crippen molar-refractivity contribution in [2.75, 3.05) is 5.32 Å². The Morgan fingerprint density at radius 3 is 2.78 bits per heavy atom. The first-order valence-electron chi connectivity index (χ1n) is 6.86. The van der Waals surface area contributed by atoms with Crippen molar-refractivity contribution in [3.8, 4) is 0 Å². The average molecular weight is 247 g/mol. The number of rotatable bonds is 2. The van der Waals surface area contributed by atoms with Gasteiger partial charge in [0.15, 0.2) is 0 Å². The van der Waals surface area contributed by atoms with E-state index in [-0.39, 0.29) is 11.5 Å². The molecule has 0 bridgehead atoms. The van der Waals surface area contributed by atoms with Crippen LogP contribution in [0.2, 0.25) is 0 Å². The van der Waals surface area contributed by atoms with Crippen LogP contribution in [-0.4, -0.2) is 27.2 Å². The molecule has 2 unspecified atom stereocenters. The predicted octanol–water partition coefficient (Wildman–Crippen LogP) is 1.93. The van der Waals surface area contributed by atoms with Crippen molar-refractivity contribution in [1.82, 2.24) is 9.97 Å². The van der Waals surface area contributed by atoms with Gasteiger partial charge in [-0.15, -0.1) is 0 Å². The van der Waals surface area contributed by atoms with Gasteiger partial charge in [0, 0.05) is 22.7 Å². The molecule has 2 aliphatic carbocycles. The summed E-state index contributed by atoms with van der Waals surface area (Å²) in [6.45, 7) is 4.21. The summed E-state index contributed by atoms with van der Waals surface area (Å²) in [5, 5.41) is 13.3. The fourth-order valence-corrected chi connectivity index (χ4v) is 2.96. The van der Waals surface area contributed by atoms with Crippen molar-refractivity contribution >= 4 is 5.82 Å². The number of hydrogen-bond donors (Lipinski definition) is 2. The zero-order chi connectivity index (χ0) is 12.8. The van der Waals surface area contributed by atoms with Gasteiger partial charge in [-0.05, 0) is 32.1 Å². The lowest BCUT2D eigenvalue weighted by molar-refractivity contribution is -0.0512. The van der Waals surface area contributed by atoms with Crippen LogP contribution in [0.5, 0.6) is 0 Å². The van der Waals surface area contributed by atoms with Gasteiger partial charge in [-0.2, -0.15) is 0 Å². The predicted molar refractivity (Wildman–Crippen MR) is 70.5 cm³/mol. The zero-order valence-electron chi connectivity index (χ0n) is 11.1. The molecule has 0 aromatic carbocycles. The number of fused-ring (bicyclic) bond motifs is 1. The lowest BCUT2D eigenvalue weighted by Gasteiger charge is -2.49. The Balaban J connectivity index is 1.82. The number of hydrogen-bond acceptors (Lipinski definition) is 4. The SMILES string of the molecule is CC1(C)C(O)CC1Nc1ncnc2c1CCCC2. The van der Waals surface area contributed by atoms with Crippen molar-refractivity contribution < 1.29 is 5.11 Å². The minimum absolute atomic E-state index is 0.0630. The van der Waals surface area contributed by atoms with Crippen LogP contribution in [0, 0.1) is 5.41 Å². The molecule has 1 saturated carbocycles. The van der Waals surface area contributed by atoms with E-state index in [1.165, 1.54) is 24.1 Å². The smallest absolute Gasteiger partial charge is 0.133 e. The lowest BCUT2D eigenvalue weighted by atomic mass is 9.64. The summed E-state index contributed by atoms with van der Waals surface area (Å²) >= 11 is 0. The maximum Gasteiger partial charge on any atom is 0.133 e. The highest BCUT2D eigenvalue weighted by atomic mass is 16.3. The number of aryl methyl sites for hydroxylation is 1. The van der Waals surface area contributed by atoms with Crippen molar-refractivity contribution in [2.45, 2.75) is 58.1 Å². The van der Waals surface area contributed by atoms with Gasteiger partial charge in [-0.1, -0.05) is 13.8 Å². The Hall–Kier alpha value is -1.16. The van der Waals surface area contributed by atoms with Gasteiger partial charge in [-0.25, -0.2) is 9.97 Å². The quantitative estimate of drug-likeness (QED) is 0.838. The molecule has 0 saturated heterocycles. The van der Waals surface area contributed by atoms with Crippen LogP contribution in [0.25, 0.3) is 0 Å². The van der Waals surface area contributed by atoms with Crippen LogP contribution in [0.15, 0.2) is 6.33 Å². The van der Waals surface area contributed by atoms with Crippen LogP contribution in [0.4, 0.5) is 5.82 Å². The summed E-state index contributed by atoms with van der Waals surface area (Å²) in [5.41, 5.74) is 2.43. The van der Waals surface area contributed by atoms with Gasteiger partial charge in [0.05, 0.1) is 6.10 Å². The highest BCUT2D eigenvalue weighted by Gasteiger charge is 2.47. The molecule has 18 heavy (non-hydrogen) atoms. The summed E-state index contributed by atoms with van der Waals surface area (Å²) in [4.78, 5) is 8.78. The molecular weight excluding hydrogens is 226 g/mol. The topological polar surface area (TPSA) is 58.0 Å². The third-order valence-electron chi connectivity index (χ3n) is 4.65. The molecule has 1 aromatic rings. The van der Waals surface area contributed by atoms with E-state index in [0.29, 0.717) is 6.04 Å². The molecule has 0 amide bonds. The van der Waals surface area contributed by atoms with E-state index in [1.807, 2.05) is 0 Å². The Morgan fingerprint density at radius 2 is 2.06 bits per heavy atom. The number of anilines is 1. The fourth-order valence-electron chi connectivity index (χ4n) is 2.96. The second-order valence-corrected chi connectivity index (χ2v) is 6.12. The minimum Gasteiger partial charge on any atom is -0.392 e. The molecule has 4 heteroatoms. The van der Waals surface area contributed by atoms with Crippen molar-refractivity contribution in [3.63, 3.8) is 0 Å². The van der Waals surface area contributed by atoms with Gasteiger partial charge >= 0.3 is 0 Å². The second-order valence-electron chi connectivity index (χ2n) is 6.12. The van der Waals surface area contributed by atoms with Crippen LogP contribution >= 0.6 is 0 Å². The monoisotopic (exact) mass is 247 g/mol. The van der Waals surface area contributed by atoms with Crippen molar-refractivity contribution in [2.24, 2.45) is 5.41 Å². The molecule has 4 nitrogen and oxygen atoms in total. The van der Waals surface area contributed by atoms with E-state index in [1.54, 1.807) is 6.33 Å². The summed E-state index contributed by atoms with van der Waals surface area (Å²) in [6.07, 6.45) is 6.88. The van der Waals surface area contributed by atoms with E-state index in [4.69, 9.17) is 0 Å². The largest absolute Gasteiger partial charge is 0.392 e. The van der Waals surface area contributed by atoms with Crippen molar-refractivity contribution in [1.29, 1.82) is 0 Å². The minimum atomic E-state index is -0.201.